The molecule has 0 radical (unpaired) electrons. The number of nitrogens with two attached hydrogens (primary N) is 1. The predicted molar refractivity (Wildman–Crippen MR) is 95.6 cm³/mol. The van der Waals surface area contributed by atoms with Crippen molar-refractivity contribution in [1.29, 1.82) is 0 Å². The van der Waals surface area contributed by atoms with Gasteiger partial charge < -0.3 is 16.2 Å². The van der Waals surface area contributed by atoms with E-state index in [4.69, 9.17) is 5.73 Å². The summed E-state index contributed by atoms with van der Waals surface area (Å²) >= 11 is 0. The fourth-order valence-electron chi connectivity index (χ4n) is 3.98. The molecule has 27 heavy (non-hydrogen) atoms. The Hall–Kier alpha value is -2.74. The monoisotopic (exact) mass is 372 g/mol. The van der Waals surface area contributed by atoms with Gasteiger partial charge in [-0.15, -0.1) is 0 Å². The number of amides is 1. The van der Waals surface area contributed by atoms with Crippen molar-refractivity contribution in [3.63, 3.8) is 0 Å². The Balaban J connectivity index is 1.65. The van der Waals surface area contributed by atoms with Crippen molar-refractivity contribution in [1.82, 2.24) is 14.9 Å². The standard InChI is InChI=1S/C19H21FN4O3/c20-13-3-1-11(2-4-13)9-22-16(26)14-15(25)17(27)24-10-12-5-7-19(21,8-6-12)18(24)23-14/h1-4,12,25H,5-10,21H2,(H,22,26). The van der Waals surface area contributed by atoms with Gasteiger partial charge in [0.2, 0.25) is 5.75 Å². The van der Waals surface area contributed by atoms with Gasteiger partial charge in [0.1, 0.15) is 11.6 Å². The molecule has 4 N–H and O–H groups in total. The van der Waals surface area contributed by atoms with Crippen LogP contribution in [0.3, 0.4) is 0 Å². The molecule has 142 valence electrons. The Morgan fingerprint density at radius 2 is 2.00 bits per heavy atom. The molecule has 1 aromatic carbocycles. The van der Waals surface area contributed by atoms with Crippen molar-refractivity contribution in [3.05, 3.63) is 57.5 Å². The molecular formula is C19H21FN4O3. The summed E-state index contributed by atoms with van der Waals surface area (Å²) in [5.41, 5.74) is 5.49. The number of benzene rings is 1. The molecule has 0 saturated heterocycles. The number of hydrogen-bond donors (Lipinski definition) is 3. The highest BCUT2D eigenvalue weighted by molar-refractivity contribution is 5.94. The van der Waals surface area contributed by atoms with E-state index in [1.165, 1.54) is 16.7 Å². The molecule has 0 atom stereocenters. The smallest absolute Gasteiger partial charge is 0.296 e. The number of aromatic nitrogens is 2. The van der Waals surface area contributed by atoms with Crippen LogP contribution >= 0.6 is 0 Å². The van der Waals surface area contributed by atoms with Crippen molar-refractivity contribution in [2.24, 2.45) is 11.7 Å². The van der Waals surface area contributed by atoms with Gasteiger partial charge in [0.05, 0.1) is 5.54 Å². The van der Waals surface area contributed by atoms with Crippen LogP contribution < -0.4 is 16.6 Å². The highest BCUT2D eigenvalue weighted by Gasteiger charge is 2.42. The molecule has 1 aromatic heterocycles. The number of halogens is 1. The van der Waals surface area contributed by atoms with E-state index in [1.807, 2.05) is 0 Å². The van der Waals surface area contributed by atoms with Gasteiger partial charge >= 0.3 is 0 Å². The lowest BCUT2D eigenvalue weighted by molar-refractivity contribution is 0.0941. The summed E-state index contributed by atoms with van der Waals surface area (Å²) in [6.07, 6.45) is 3.19. The maximum Gasteiger partial charge on any atom is 0.296 e. The average Bonchev–Trinajstić information content (AvgIpc) is 2.89. The van der Waals surface area contributed by atoms with Gasteiger partial charge in [0, 0.05) is 13.1 Å². The number of aromatic hydroxyl groups is 1. The first-order chi connectivity index (χ1) is 12.9. The third-order valence-corrected chi connectivity index (χ3v) is 5.61. The van der Waals surface area contributed by atoms with Gasteiger partial charge in [-0.3, -0.25) is 14.2 Å². The molecule has 2 bridgehead atoms. The van der Waals surface area contributed by atoms with Crippen LogP contribution in [0.4, 0.5) is 4.39 Å². The minimum atomic E-state index is -0.758. The van der Waals surface area contributed by atoms with Crippen LogP contribution in [0.15, 0.2) is 29.1 Å². The van der Waals surface area contributed by atoms with E-state index in [0.717, 1.165) is 12.8 Å². The highest BCUT2D eigenvalue weighted by atomic mass is 19.1. The molecule has 1 fully saturated rings. The summed E-state index contributed by atoms with van der Waals surface area (Å²) in [6.45, 7) is 0.583. The van der Waals surface area contributed by atoms with Gasteiger partial charge in [0.25, 0.3) is 11.5 Å². The predicted octanol–water partition coefficient (Wildman–Crippen LogP) is 1.38. The van der Waals surface area contributed by atoms with E-state index < -0.39 is 22.8 Å². The second-order valence-electron chi connectivity index (χ2n) is 7.46. The first-order valence-corrected chi connectivity index (χ1v) is 9.03. The maximum absolute atomic E-state index is 13.0. The van der Waals surface area contributed by atoms with Gasteiger partial charge in [-0.05, 0) is 49.3 Å². The highest BCUT2D eigenvalue weighted by Crippen LogP contribution is 2.40. The van der Waals surface area contributed by atoms with Crippen molar-refractivity contribution in [3.8, 4) is 5.75 Å². The molecule has 3 aliphatic rings. The summed E-state index contributed by atoms with van der Waals surface area (Å²) in [7, 11) is 0. The van der Waals surface area contributed by atoms with Gasteiger partial charge in [-0.1, -0.05) is 12.1 Å². The lowest BCUT2D eigenvalue weighted by Gasteiger charge is -2.32. The Morgan fingerprint density at radius 3 is 2.67 bits per heavy atom. The van der Waals surface area contributed by atoms with Crippen LogP contribution in [0.1, 0.15) is 47.6 Å². The number of carbonyl (C=O) groups excluding carboxylic acids is 1. The second kappa shape index (κ2) is 6.45. The first kappa shape index (κ1) is 17.7. The van der Waals surface area contributed by atoms with Gasteiger partial charge in [-0.2, -0.15) is 0 Å². The van der Waals surface area contributed by atoms with E-state index in [-0.39, 0.29) is 18.1 Å². The molecule has 5 rings (SSSR count). The minimum absolute atomic E-state index is 0.120. The number of rotatable bonds is 3. The molecule has 2 aromatic rings. The normalized spacial score (nSPS) is 23.6. The summed E-state index contributed by atoms with van der Waals surface area (Å²) in [5.74, 6) is -0.997. The molecule has 1 saturated carbocycles. The lowest BCUT2D eigenvalue weighted by Crippen LogP contribution is -2.43. The largest absolute Gasteiger partial charge is 0.501 e. The van der Waals surface area contributed by atoms with Gasteiger partial charge in [0.15, 0.2) is 5.69 Å². The Morgan fingerprint density at radius 1 is 1.33 bits per heavy atom. The molecule has 3 heterocycles. The Bertz CT molecular complexity index is 947. The fraction of sp³-hybridized carbons (Fsp3) is 0.421. The molecule has 2 aliphatic heterocycles. The fourth-order valence-corrected chi connectivity index (χ4v) is 3.98. The third-order valence-electron chi connectivity index (χ3n) is 5.61. The van der Waals surface area contributed by atoms with Crippen molar-refractivity contribution in [2.75, 3.05) is 0 Å². The lowest BCUT2D eigenvalue weighted by atomic mass is 9.78. The first-order valence-electron chi connectivity index (χ1n) is 9.03. The van der Waals surface area contributed by atoms with Crippen molar-refractivity contribution < 1.29 is 14.3 Å². The summed E-state index contributed by atoms with van der Waals surface area (Å²) in [6, 6.07) is 5.67. The number of fused-ring (bicyclic) bond motifs is 2. The zero-order chi connectivity index (χ0) is 19.2. The van der Waals surface area contributed by atoms with Crippen LogP contribution in [0.25, 0.3) is 0 Å². The summed E-state index contributed by atoms with van der Waals surface area (Å²) in [5, 5.41) is 12.9. The van der Waals surface area contributed by atoms with Crippen LogP contribution in [0.2, 0.25) is 0 Å². The number of nitrogens with zero attached hydrogens (tertiary/aromatic N) is 2. The van der Waals surface area contributed by atoms with Crippen molar-refractivity contribution in [2.45, 2.75) is 44.3 Å². The molecule has 0 spiro atoms. The zero-order valence-corrected chi connectivity index (χ0v) is 14.7. The van der Waals surface area contributed by atoms with Gasteiger partial charge in [-0.25, -0.2) is 9.37 Å². The number of hydrogen-bond acceptors (Lipinski definition) is 5. The summed E-state index contributed by atoms with van der Waals surface area (Å²) < 4.78 is 14.4. The third kappa shape index (κ3) is 3.10. The van der Waals surface area contributed by atoms with Crippen LogP contribution in [0, 0.1) is 11.7 Å². The molecule has 8 heteroatoms. The SMILES string of the molecule is NC12CCC(CC1)Cn1c2nc(C(=O)NCc2ccc(F)cc2)c(O)c1=O. The second-order valence-corrected chi connectivity index (χ2v) is 7.46. The van der Waals surface area contributed by atoms with Crippen LogP contribution in [-0.4, -0.2) is 20.6 Å². The molecular weight excluding hydrogens is 351 g/mol. The molecule has 1 amide bonds. The average molecular weight is 372 g/mol. The maximum atomic E-state index is 13.0. The minimum Gasteiger partial charge on any atom is -0.501 e. The number of carbonyl (C=O) groups is 1. The van der Waals surface area contributed by atoms with E-state index >= 15 is 0 Å². The van der Waals surface area contributed by atoms with Crippen molar-refractivity contribution >= 4 is 5.91 Å². The topological polar surface area (TPSA) is 110 Å². The van der Waals surface area contributed by atoms with E-state index in [9.17, 15) is 19.1 Å². The Labute approximate surface area is 155 Å². The number of nitrogens with one attached hydrogen (secondary N) is 1. The molecule has 0 unspecified atom stereocenters. The van der Waals surface area contributed by atoms with Crippen LogP contribution in [0.5, 0.6) is 5.75 Å². The Kier molecular flexibility index (Phi) is 4.22. The molecule has 1 aliphatic carbocycles. The van der Waals surface area contributed by atoms with E-state index in [0.29, 0.717) is 36.7 Å². The summed E-state index contributed by atoms with van der Waals surface area (Å²) in [4.78, 5) is 29.5. The quantitative estimate of drug-likeness (QED) is 0.754. The van der Waals surface area contributed by atoms with E-state index in [2.05, 4.69) is 10.3 Å². The zero-order valence-electron chi connectivity index (χ0n) is 14.7. The van der Waals surface area contributed by atoms with Crippen LogP contribution in [-0.2, 0) is 18.6 Å². The molecule has 7 nitrogen and oxygen atoms in total. The van der Waals surface area contributed by atoms with E-state index in [1.54, 1.807) is 12.1 Å².